The van der Waals surface area contributed by atoms with Crippen molar-refractivity contribution in [2.75, 3.05) is 18.6 Å². The van der Waals surface area contributed by atoms with Gasteiger partial charge in [0.25, 0.3) is 5.91 Å². The molecule has 0 aliphatic carbocycles. The molecule has 1 saturated heterocycles. The minimum atomic E-state index is -2.99. The van der Waals surface area contributed by atoms with Crippen LogP contribution in [0.25, 0.3) is 11.0 Å². The molecule has 0 N–H and O–H groups in total. The van der Waals surface area contributed by atoms with Crippen LogP contribution in [0.2, 0.25) is 0 Å². The molecule has 1 amide bonds. The van der Waals surface area contributed by atoms with Gasteiger partial charge >= 0.3 is 0 Å². The lowest BCUT2D eigenvalue weighted by Crippen LogP contribution is -2.26. The Morgan fingerprint density at radius 3 is 2.75 bits per heavy atom. The van der Waals surface area contributed by atoms with Crippen molar-refractivity contribution >= 4 is 26.7 Å². The first-order valence-electron chi connectivity index (χ1n) is 9.24. The maximum Gasteiger partial charge on any atom is 0.289 e. The first-order chi connectivity index (χ1) is 13.2. The summed E-state index contributed by atoms with van der Waals surface area (Å²) in [4.78, 5) is 14.4. The van der Waals surface area contributed by atoms with E-state index in [1.807, 2.05) is 42.8 Å². The highest BCUT2D eigenvalue weighted by molar-refractivity contribution is 7.91. The average Bonchev–Trinajstić information content (AvgIpc) is 3.32. The van der Waals surface area contributed by atoms with Crippen LogP contribution in [-0.4, -0.2) is 47.6 Å². The van der Waals surface area contributed by atoms with Gasteiger partial charge in [0, 0.05) is 30.2 Å². The molecule has 8 heteroatoms. The Labute approximate surface area is 163 Å². The number of rotatable bonds is 4. The van der Waals surface area contributed by atoms with Gasteiger partial charge < -0.3 is 9.32 Å². The van der Waals surface area contributed by atoms with Crippen LogP contribution in [0.5, 0.6) is 0 Å². The summed E-state index contributed by atoms with van der Waals surface area (Å²) >= 11 is 0. The van der Waals surface area contributed by atoms with Gasteiger partial charge in [-0.15, -0.1) is 0 Å². The summed E-state index contributed by atoms with van der Waals surface area (Å²) < 4.78 is 31.1. The number of nitrogens with zero attached hydrogens (tertiary/aromatic N) is 3. The van der Waals surface area contributed by atoms with Crippen LogP contribution in [0.15, 0.2) is 34.7 Å². The molecule has 3 heterocycles. The maximum absolute atomic E-state index is 12.8. The van der Waals surface area contributed by atoms with Crippen molar-refractivity contribution in [1.82, 2.24) is 14.7 Å². The standard InChI is InChI=1S/C20H23N3O4S/c1-13-17(14(2)23(21-13)16-8-9-28(25,26)12-16)11-22(3)20(24)19-10-15-6-4-5-7-18(15)27-19/h4-7,10,16H,8-9,11-12H2,1-3H3/t16-/m1/s1. The van der Waals surface area contributed by atoms with Crippen LogP contribution in [0.3, 0.4) is 0 Å². The molecule has 3 aromatic rings. The third kappa shape index (κ3) is 3.32. The minimum Gasteiger partial charge on any atom is -0.451 e. The van der Waals surface area contributed by atoms with Crippen LogP contribution in [-0.2, 0) is 16.4 Å². The van der Waals surface area contributed by atoms with Crippen molar-refractivity contribution in [3.05, 3.63) is 53.0 Å². The van der Waals surface area contributed by atoms with E-state index in [0.717, 1.165) is 22.3 Å². The number of hydrogen-bond donors (Lipinski definition) is 0. The van der Waals surface area contributed by atoms with E-state index in [4.69, 9.17) is 4.42 Å². The maximum atomic E-state index is 12.8. The van der Waals surface area contributed by atoms with Gasteiger partial charge in [-0.2, -0.15) is 5.10 Å². The topological polar surface area (TPSA) is 85.4 Å². The zero-order chi connectivity index (χ0) is 20.1. The van der Waals surface area contributed by atoms with Crippen molar-refractivity contribution in [3.63, 3.8) is 0 Å². The number of benzene rings is 1. The van der Waals surface area contributed by atoms with E-state index in [1.54, 1.807) is 18.0 Å². The number of hydrogen-bond acceptors (Lipinski definition) is 5. The number of fused-ring (bicyclic) bond motifs is 1. The van der Waals surface area contributed by atoms with E-state index < -0.39 is 9.84 Å². The quantitative estimate of drug-likeness (QED) is 0.671. The molecule has 1 aromatic carbocycles. The molecule has 0 saturated carbocycles. The van der Waals surface area contributed by atoms with E-state index in [0.29, 0.717) is 24.3 Å². The molecule has 1 fully saturated rings. The number of amides is 1. The molecule has 0 radical (unpaired) electrons. The third-order valence-corrected chi connectivity index (χ3v) is 7.16. The highest BCUT2D eigenvalue weighted by atomic mass is 32.2. The Morgan fingerprint density at radius 1 is 1.32 bits per heavy atom. The second-order valence-corrected chi connectivity index (χ2v) is 9.69. The second-order valence-electron chi connectivity index (χ2n) is 7.46. The Hall–Kier alpha value is -2.61. The number of aryl methyl sites for hydroxylation is 1. The van der Waals surface area contributed by atoms with Crippen molar-refractivity contribution in [3.8, 4) is 0 Å². The molecule has 28 heavy (non-hydrogen) atoms. The van der Waals surface area contributed by atoms with Crippen molar-refractivity contribution in [2.45, 2.75) is 32.9 Å². The van der Waals surface area contributed by atoms with Crippen LogP contribution >= 0.6 is 0 Å². The molecule has 1 aliphatic heterocycles. The normalized spacial score (nSPS) is 18.6. The second kappa shape index (κ2) is 6.77. The fourth-order valence-corrected chi connectivity index (χ4v) is 5.53. The number of carbonyl (C=O) groups is 1. The Morgan fingerprint density at radius 2 is 2.07 bits per heavy atom. The van der Waals surface area contributed by atoms with Crippen LogP contribution in [0.4, 0.5) is 0 Å². The predicted molar refractivity (Wildman–Crippen MR) is 106 cm³/mol. The molecule has 148 valence electrons. The van der Waals surface area contributed by atoms with E-state index >= 15 is 0 Å². The summed E-state index contributed by atoms with van der Waals surface area (Å²) in [5.74, 6) is 0.428. The van der Waals surface area contributed by atoms with Gasteiger partial charge in [0.05, 0.1) is 23.2 Å². The highest BCUT2D eigenvalue weighted by Gasteiger charge is 2.31. The van der Waals surface area contributed by atoms with Gasteiger partial charge in [-0.25, -0.2) is 8.42 Å². The van der Waals surface area contributed by atoms with Crippen LogP contribution < -0.4 is 0 Å². The Balaban J connectivity index is 1.56. The zero-order valence-corrected chi connectivity index (χ0v) is 17.0. The molecular formula is C20H23N3O4S. The monoisotopic (exact) mass is 401 g/mol. The van der Waals surface area contributed by atoms with Gasteiger partial charge in [0.1, 0.15) is 5.58 Å². The van der Waals surface area contributed by atoms with Crippen molar-refractivity contribution < 1.29 is 17.6 Å². The molecule has 0 spiro atoms. The van der Waals surface area contributed by atoms with Crippen molar-refractivity contribution in [1.29, 1.82) is 0 Å². The van der Waals surface area contributed by atoms with Gasteiger partial charge in [-0.3, -0.25) is 9.48 Å². The first-order valence-corrected chi connectivity index (χ1v) is 11.1. The molecule has 0 bridgehead atoms. The van der Waals surface area contributed by atoms with Crippen LogP contribution in [0.1, 0.15) is 40.0 Å². The van der Waals surface area contributed by atoms with Gasteiger partial charge in [-0.1, -0.05) is 18.2 Å². The van der Waals surface area contributed by atoms with Gasteiger partial charge in [0.2, 0.25) is 0 Å². The lowest BCUT2D eigenvalue weighted by atomic mass is 10.1. The summed E-state index contributed by atoms with van der Waals surface area (Å²) in [6, 6.07) is 9.13. The molecule has 1 atom stereocenters. The SMILES string of the molecule is Cc1nn([C@@H]2CCS(=O)(=O)C2)c(C)c1CN(C)C(=O)c1cc2ccccc2o1. The summed E-state index contributed by atoms with van der Waals surface area (Å²) in [7, 11) is -1.26. The molecule has 1 aliphatic rings. The third-order valence-electron chi connectivity index (χ3n) is 5.41. The largest absolute Gasteiger partial charge is 0.451 e. The molecule has 4 rings (SSSR count). The summed E-state index contributed by atoms with van der Waals surface area (Å²) in [5, 5.41) is 5.46. The summed E-state index contributed by atoms with van der Waals surface area (Å²) in [5.41, 5.74) is 3.34. The smallest absolute Gasteiger partial charge is 0.289 e. The number of carbonyl (C=O) groups excluding carboxylic acids is 1. The Bertz CT molecular complexity index is 1130. The summed E-state index contributed by atoms with van der Waals surface area (Å²) in [6.07, 6.45) is 0.581. The van der Waals surface area contributed by atoms with E-state index in [9.17, 15) is 13.2 Å². The number of furan rings is 1. The molecule has 7 nitrogen and oxygen atoms in total. The molecule has 2 aromatic heterocycles. The zero-order valence-electron chi connectivity index (χ0n) is 16.2. The Kier molecular flexibility index (Phi) is 4.53. The number of sulfone groups is 1. The van der Waals surface area contributed by atoms with E-state index in [1.165, 1.54) is 0 Å². The lowest BCUT2D eigenvalue weighted by molar-refractivity contribution is 0.0755. The fraction of sp³-hybridized carbons (Fsp3) is 0.400. The molecular weight excluding hydrogens is 378 g/mol. The lowest BCUT2D eigenvalue weighted by Gasteiger charge is -2.17. The number of aromatic nitrogens is 2. The van der Waals surface area contributed by atoms with E-state index in [2.05, 4.69) is 5.10 Å². The van der Waals surface area contributed by atoms with Gasteiger partial charge in [-0.05, 0) is 32.4 Å². The van der Waals surface area contributed by atoms with Gasteiger partial charge in [0.15, 0.2) is 15.6 Å². The molecule has 0 unspecified atom stereocenters. The van der Waals surface area contributed by atoms with E-state index in [-0.39, 0.29) is 23.5 Å². The predicted octanol–water partition coefficient (Wildman–Crippen LogP) is 2.88. The number of para-hydroxylation sites is 1. The van der Waals surface area contributed by atoms with Crippen LogP contribution in [0, 0.1) is 13.8 Å². The first kappa shape index (κ1) is 18.7. The highest BCUT2D eigenvalue weighted by Crippen LogP contribution is 2.27. The van der Waals surface area contributed by atoms with Crippen molar-refractivity contribution in [2.24, 2.45) is 0 Å². The fourth-order valence-electron chi connectivity index (χ4n) is 3.83. The average molecular weight is 401 g/mol. The minimum absolute atomic E-state index is 0.127. The summed E-state index contributed by atoms with van der Waals surface area (Å²) in [6.45, 7) is 4.20.